The van der Waals surface area contributed by atoms with Gasteiger partial charge < -0.3 is 4.74 Å². The predicted molar refractivity (Wildman–Crippen MR) is 47.7 cm³/mol. The number of hydrogen-bond donors (Lipinski definition) is 0. The van der Waals surface area contributed by atoms with E-state index in [0.29, 0.717) is 0 Å². The van der Waals surface area contributed by atoms with Crippen molar-refractivity contribution in [2.45, 2.75) is 36.3 Å². The molecule has 13 heavy (non-hydrogen) atoms. The van der Waals surface area contributed by atoms with E-state index in [9.17, 15) is 4.79 Å². The molecule has 0 radical (unpaired) electrons. The molecule has 0 unspecified atom stereocenters. The van der Waals surface area contributed by atoms with E-state index in [1.54, 1.807) is 0 Å². The molecule has 3 nitrogen and oxygen atoms in total. The molecule has 0 aliphatic carbocycles. The molecule has 0 spiro atoms. The second-order valence-corrected chi connectivity index (χ2v) is 4.85. The summed E-state index contributed by atoms with van der Waals surface area (Å²) in [7, 11) is 0. The molecule has 3 saturated heterocycles. The topological polar surface area (TPSA) is 29.5 Å². The molecule has 0 bridgehead atoms. The van der Waals surface area contributed by atoms with Crippen molar-refractivity contribution < 1.29 is 9.53 Å². The minimum atomic E-state index is -0.709. The van der Waals surface area contributed by atoms with Crippen LogP contribution in [0.4, 0.5) is 0 Å². The minimum absolute atomic E-state index is 0.0744. The van der Waals surface area contributed by atoms with Crippen molar-refractivity contribution in [3.63, 3.8) is 0 Å². The second kappa shape index (κ2) is 2.39. The van der Waals surface area contributed by atoms with Crippen LogP contribution in [0.3, 0.4) is 0 Å². The van der Waals surface area contributed by atoms with E-state index in [-0.39, 0.29) is 18.1 Å². The van der Waals surface area contributed by atoms with Gasteiger partial charge in [-0.3, -0.25) is 9.69 Å². The number of rotatable bonds is 0. The number of hydrogen-bond acceptors (Lipinski definition) is 3. The Bertz CT molecular complexity index is 268. The van der Waals surface area contributed by atoms with Gasteiger partial charge in [0.2, 0.25) is 0 Å². The van der Waals surface area contributed by atoms with Crippen LogP contribution in [0.15, 0.2) is 0 Å². The zero-order valence-corrected chi connectivity index (χ0v) is 8.09. The van der Waals surface area contributed by atoms with Gasteiger partial charge in [-0.05, 0) is 25.8 Å². The summed E-state index contributed by atoms with van der Waals surface area (Å²) in [6, 6.07) is 0.162. The maximum atomic E-state index is 11.5. The number of halogens is 1. The molecule has 3 aliphatic heterocycles. The van der Waals surface area contributed by atoms with Crippen LogP contribution >= 0.6 is 11.6 Å². The molecule has 3 heterocycles. The van der Waals surface area contributed by atoms with Gasteiger partial charge in [-0.15, -0.1) is 11.6 Å². The molecule has 0 aromatic heterocycles. The number of carbonyl (C=O) groups is 1. The fourth-order valence-electron chi connectivity index (χ4n) is 2.93. The first-order valence-electron chi connectivity index (χ1n) is 4.86. The fourth-order valence-corrected chi connectivity index (χ4v) is 3.39. The molecular weight excluding hydrogens is 190 g/mol. The molecule has 3 fully saturated rings. The number of esters is 1. The molecule has 3 atom stereocenters. The van der Waals surface area contributed by atoms with E-state index in [1.165, 1.54) is 0 Å². The van der Waals surface area contributed by atoms with Gasteiger partial charge >= 0.3 is 5.97 Å². The Morgan fingerprint density at radius 1 is 1.54 bits per heavy atom. The van der Waals surface area contributed by atoms with Crippen LogP contribution in [0.2, 0.25) is 0 Å². The van der Waals surface area contributed by atoms with Gasteiger partial charge in [0.1, 0.15) is 6.10 Å². The number of nitrogens with zero attached hydrogens (tertiary/aromatic N) is 1. The average molecular weight is 202 g/mol. The van der Waals surface area contributed by atoms with Gasteiger partial charge in [-0.25, -0.2) is 0 Å². The maximum Gasteiger partial charge on any atom is 0.329 e. The highest BCUT2D eigenvalue weighted by molar-refractivity contribution is 6.35. The maximum absolute atomic E-state index is 11.5. The molecule has 3 rings (SSSR count). The lowest BCUT2D eigenvalue weighted by Gasteiger charge is -2.36. The first-order chi connectivity index (χ1) is 6.22. The van der Waals surface area contributed by atoms with Crippen LogP contribution in [-0.4, -0.2) is 41.0 Å². The molecule has 0 amide bonds. The Kier molecular flexibility index (Phi) is 1.48. The number of piperidine rings is 1. The van der Waals surface area contributed by atoms with Crippen molar-refractivity contribution in [3.05, 3.63) is 0 Å². The molecule has 0 saturated carbocycles. The quantitative estimate of drug-likeness (QED) is 0.428. The lowest BCUT2D eigenvalue weighted by Crippen LogP contribution is -2.52. The normalized spacial score (nSPS) is 49.2. The Balaban J connectivity index is 2.02. The van der Waals surface area contributed by atoms with E-state index in [0.717, 1.165) is 32.4 Å². The summed E-state index contributed by atoms with van der Waals surface area (Å²) in [6.45, 7) is 2.11. The van der Waals surface area contributed by atoms with Crippen molar-refractivity contribution in [2.75, 3.05) is 13.1 Å². The zero-order valence-electron chi connectivity index (χ0n) is 7.33. The van der Waals surface area contributed by atoms with Crippen LogP contribution in [-0.2, 0) is 9.53 Å². The summed E-state index contributed by atoms with van der Waals surface area (Å²) in [5.41, 5.74) is 0. The molecule has 0 aromatic rings. The summed E-state index contributed by atoms with van der Waals surface area (Å²) in [4.78, 5) is 13.1. The van der Waals surface area contributed by atoms with Gasteiger partial charge in [0.05, 0.1) is 6.04 Å². The summed E-state index contributed by atoms with van der Waals surface area (Å²) in [5.74, 6) is -0.187. The molecule has 0 N–H and O–H groups in total. The van der Waals surface area contributed by atoms with E-state index < -0.39 is 4.87 Å². The Labute approximate surface area is 82.0 Å². The van der Waals surface area contributed by atoms with Crippen LogP contribution in [0.1, 0.15) is 19.3 Å². The van der Waals surface area contributed by atoms with Gasteiger partial charge in [0.15, 0.2) is 4.87 Å². The van der Waals surface area contributed by atoms with Crippen LogP contribution in [0, 0.1) is 0 Å². The van der Waals surface area contributed by atoms with E-state index in [1.807, 2.05) is 0 Å². The first kappa shape index (κ1) is 8.06. The molecule has 72 valence electrons. The summed E-state index contributed by atoms with van der Waals surface area (Å²) >= 11 is 6.34. The highest BCUT2D eigenvalue weighted by Crippen LogP contribution is 2.46. The number of ether oxygens (including phenoxy) is 1. The third-order valence-electron chi connectivity index (χ3n) is 3.50. The summed E-state index contributed by atoms with van der Waals surface area (Å²) in [6.07, 6.45) is 2.84. The van der Waals surface area contributed by atoms with Crippen LogP contribution in [0.25, 0.3) is 0 Å². The lowest BCUT2D eigenvalue weighted by atomic mass is 9.89. The summed E-state index contributed by atoms with van der Waals surface area (Å²) in [5, 5.41) is 0. The molecule has 0 aromatic carbocycles. The monoisotopic (exact) mass is 201 g/mol. The molecular formula is C9H12ClNO2. The van der Waals surface area contributed by atoms with E-state index >= 15 is 0 Å². The summed E-state index contributed by atoms with van der Waals surface area (Å²) < 4.78 is 5.29. The van der Waals surface area contributed by atoms with Crippen molar-refractivity contribution in [2.24, 2.45) is 0 Å². The lowest BCUT2D eigenvalue weighted by molar-refractivity contribution is -0.143. The molecule has 3 aliphatic rings. The van der Waals surface area contributed by atoms with E-state index in [4.69, 9.17) is 16.3 Å². The highest BCUT2D eigenvalue weighted by Gasteiger charge is 2.62. The van der Waals surface area contributed by atoms with Crippen molar-refractivity contribution in [1.82, 2.24) is 4.90 Å². The number of alkyl halides is 1. The van der Waals surface area contributed by atoms with Crippen molar-refractivity contribution in [3.8, 4) is 0 Å². The van der Waals surface area contributed by atoms with Gasteiger partial charge in [0, 0.05) is 6.54 Å². The highest BCUT2D eigenvalue weighted by atomic mass is 35.5. The van der Waals surface area contributed by atoms with Crippen LogP contribution < -0.4 is 0 Å². The minimum Gasteiger partial charge on any atom is -0.459 e. The van der Waals surface area contributed by atoms with Gasteiger partial charge in [0.25, 0.3) is 0 Å². The average Bonchev–Trinajstić information content (AvgIpc) is 2.59. The van der Waals surface area contributed by atoms with Crippen LogP contribution in [0.5, 0.6) is 0 Å². The largest absolute Gasteiger partial charge is 0.459 e. The Morgan fingerprint density at radius 3 is 3.23 bits per heavy atom. The third kappa shape index (κ3) is 0.868. The predicted octanol–water partition coefficient (Wildman–Crippen LogP) is 0.757. The Hall–Kier alpha value is -0.280. The van der Waals surface area contributed by atoms with Crippen molar-refractivity contribution >= 4 is 17.6 Å². The fraction of sp³-hybridized carbons (Fsp3) is 0.889. The Morgan fingerprint density at radius 2 is 2.38 bits per heavy atom. The third-order valence-corrected chi connectivity index (χ3v) is 4.07. The second-order valence-electron chi connectivity index (χ2n) is 4.18. The number of carbonyl (C=O) groups excluding carboxylic acids is 1. The SMILES string of the molecule is O=C1O[C@@H]2CCN3CCC[C@@]1(Cl)[C@H]23. The van der Waals surface area contributed by atoms with E-state index in [2.05, 4.69) is 4.90 Å². The van der Waals surface area contributed by atoms with Gasteiger partial charge in [-0.1, -0.05) is 0 Å². The molecule has 4 heteroatoms. The zero-order chi connectivity index (χ0) is 9.05. The van der Waals surface area contributed by atoms with Gasteiger partial charge in [-0.2, -0.15) is 0 Å². The van der Waals surface area contributed by atoms with Crippen molar-refractivity contribution in [1.29, 1.82) is 0 Å². The standard InChI is InChI=1S/C9H12ClNO2/c10-9-3-1-4-11-5-2-6(7(9)11)13-8(9)12/h6-7H,1-5H2/t6-,7+,9-/m1/s1. The first-order valence-corrected chi connectivity index (χ1v) is 5.24. The smallest absolute Gasteiger partial charge is 0.329 e.